The highest BCUT2D eigenvalue weighted by Crippen LogP contribution is 2.21. The van der Waals surface area contributed by atoms with Gasteiger partial charge in [0.15, 0.2) is 0 Å². The lowest BCUT2D eigenvalue weighted by Gasteiger charge is -2.26. The largest absolute Gasteiger partial charge is 0.395 e. The van der Waals surface area contributed by atoms with E-state index < -0.39 is 0 Å². The van der Waals surface area contributed by atoms with Gasteiger partial charge in [-0.05, 0) is 31.0 Å². The van der Waals surface area contributed by atoms with Crippen LogP contribution in [-0.4, -0.2) is 36.2 Å². The fourth-order valence-corrected chi connectivity index (χ4v) is 3.01. The molecule has 2 N–H and O–H groups in total. The summed E-state index contributed by atoms with van der Waals surface area (Å²) in [6.07, 6.45) is 1.81. The van der Waals surface area contributed by atoms with E-state index in [0.29, 0.717) is 6.54 Å². The molecule has 0 aliphatic heterocycles. The summed E-state index contributed by atoms with van der Waals surface area (Å²) in [6.45, 7) is 5.30. The van der Waals surface area contributed by atoms with Crippen molar-refractivity contribution in [2.24, 2.45) is 0 Å². The van der Waals surface area contributed by atoms with Crippen LogP contribution >= 0.6 is 0 Å². The number of aliphatic hydroxyl groups excluding tert-OH is 1. The molecule has 2 aromatic rings. The second-order valence-electron chi connectivity index (χ2n) is 6.30. The summed E-state index contributed by atoms with van der Waals surface area (Å²) in [5, 5.41) is 12.8. The first-order valence-corrected chi connectivity index (χ1v) is 9.09. The molecule has 1 unspecified atom stereocenters. The lowest BCUT2D eigenvalue weighted by molar-refractivity contribution is 0.183. The van der Waals surface area contributed by atoms with Gasteiger partial charge >= 0.3 is 0 Å². The van der Waals surface area contributed by atoms with Crippen LogP contribution in [0.15, 0.2) is 54.6 Å². The number of halogens is 1. The number of benzene rings is 2. The minimum atomic E-state index is -0.159. The first-order chi connectivity index (χ1) is 12.2. The molecule has 0 bridgehead atoms. The molecule has 25 heavy (non-hydrogen) atoms. The highest BCUT2D eigenvalue weighted by molar-refractivity contribution is 5.21. The van der Waals surface area contributed by atoms with Crippen molar-refractivity contribution in [3.8, 4) is 0 Å². The summed E-state index contributed by atoms with van der Waals surface area (Å²) in [6, 6.07) is 17.2. The van der Waals surface area contributed by atoms with Crippen LogP contribution in [0.5, 0.6) is 0 Å². The van der Waals surface area contributed by atoms with Gasteiger partial charge < -0.3 is 10.4 Å². The van der Waals surface area contributed by atoms with Gasteiger partial charge in [0.05, 0.1) is 6.61 Å². The Bertz CT molecular complexity index is 606. The second kappa shape index (κ2) is 11.0. The molecule has 2 rings (SSSR count). The Morgan fingerprint density at radius 1 is 1.04 bits per heavy atom. The smallest absolute Gasteiger partial charge is 0.127 e. The van der Waals surface area contributed by atoms with Crippen LogP contribution in [0.25, 0.3) is 0 Å². The molecule has 0 radical (unpaired) electrons. The summed E-state index contributed by atoms with van der Waals surface area (Å²) < 4.78 is 14.2. The van der Waals surface area contributed by atoms with Gasteiger partial charge in [-0.3, -0.25) is 4.90 Å². The van der Waals surface area contributed by atoms with Crippen LogP contribution in [0.1, 0.15) is 36.9 Å². The molecule has 4 heteroatoms. The standard InChI is InChI=1S/C21H29FN2O/c1-2-13-23-21(19-10-6-7-11-20(19)22)12-14-24(15-16-25)17-18-8-4-3-5-9-18/h3-11,21,23,25H,2,12-17H2,1H3. The van der Waals surface area contributed by atoms with E-state index >= 15 is 0 Å². The zero-order valence-electron chi connectivity index (χ0n) is 15.0. The minimum absolute atomic E-state index is 0.0156. The first-order valence-electron chi connectivity index (χ1n) is 9.09. The third kappa shape index (κ3) is 6.58. The lowest BCUT2D eigenvalue weighted by Crippen LogP contribution is -2.32. The molecular weight excluding hydrogens is 315 g/mol. The summed E-state index contributed by atoms with van der Waals surface area (Å²) in [4.78, 5) is 2.22. The molecule has 0 aliphatic rings. The van der Waals surface area contributed by atoms with Gasteiger partial charge in [0.25, 0.3) is 0 Å². The minimum Gasteiger partial charge on any atom is -0.395 e. The lowest BCUT2D eigenvalue weighted by atomic mass is 10.0. The Hall–Kier alpha value is -1.75. The van der Waals surface area contributed by atoms with Gasteiger partial charge in [-0.2, -0.15) is 0 Å². The van der Waals surface area contributed by atoms with Crippen LogP contribution in [-0.2, 0) is 6.54 Å². The maximum absolute atomic E-state index is 14.2. The van der Waals surface area contributed by atoms with Crippen LogP contribution in [0, 0.1) is 5.82 Å². The predicted octanol–water partition coefficient (Wildman–Crippen LogP) is 3.75. The number of nitrogens with one attached hydrogen (secondary N) is 1. The molecule has 2 aromatic carbocycles. The van der Waals surface area contributed by atoms with Gasteiger partial charge in [0.2, 0.25) is 0 Å². The molecule has 0 aliphatic carbocycles. The Morgan fingerprint density at radius 2 is 1.76 bits per heavy atom. The quantitative estimate of drug-likeness (QED) is 0.652. The van der Waals surface area contributed by atoms with Crippen molar-refractivity contribution >= 4 is 0 Å². The number of rotatable bonds is 11. The Labute approximate surface area is 150 Å². The van der Waals surface area contributed by atoms with Crippen LogP contribution in [0.4, 0.5) is 4.39 Å². The zero-order valence-corrected chi connectivity index (χ0v) is 15.0. The number of hydrogen-bond donors (Lipinski definition) is 2. The average Bonchev–Trinajstić information content (AvgIpc) is 2.63. The van der Waals surface area contributed by atoms with Crippen molar-refractivity contribution in [3.05, 3.63) is 71.5 Å². The average molecular weight is 344 g/mol. The SMILES string of the molecule is CCCNC(CCN(CCO)Cc1ccccc1)c1ccccc1F. The molecule has 0 spiro atoms. The van der Waals surface area contributed by atoms with E-state index in [2.05, 4.69) is 29.3 Å². The molecule has 0 saturated carbocycles. The number of hydrogen-bond acceptors (Lipinski definition) is 3. The second-order valence-corrected chi connectivity index (χ2v) is 6.30. The third-order valence-electron chi connectivity index (χ3n) is 4.32. The summed E-state index contributed by atoms with van der Waals surface area (Å²) >= 11 is 0. The van der Waals surface area contributed by atoms with E-state index in [4.69, 9.17) is 0 Å². The highest BCUT2D eigenvalue weighted by Gasteiger charge is 2.16. The first kappa shape index (κ1) is 19.6. The van der Waals surface area contributed by atoms with E-state index in [-0.39, 0.29) is 18.5 Å². The molecule has 0 saturated heterocycles. The number of aliphatic hydroxyl groups is 1. The Morgan fingerprint density at radius 3 is 2.44 bits per heavy atom. The molecule has 0 aromatic heterocycles. The zero-order chi connectivity index (χ0) is 17.9. The van der Waals surface area contributed by atoms with E-state index in [1.165, 1.54) is 11.6 Å². The van der Waals surface area contributed by atoms with Crippen molar-refractivity contribution in [2.75, 3.05) is 26.2 Å². The van der Waals surface area contributed by atoms with Gasteiger partial charge in [0.1, 0.15) is 5.82 Å². The monoisotopic (exact) mass is 344 g/mol. The van der Waals surface area contributed by atoms with Crippen molar-refractivity contribution in [1.29, 1.82) is 0 Å². The fraction of sp³-hybridized carbons (Fsp3) is 0.429. The maximum Gasteiger partial charge on any atom is 0.127 e. The molecule has 136 valence electrons. The molecule has 3 nitrogen and oxygen atoms in total. The summed E-state index contributed by atoms with van der Waals surface area (Å²) in [5.74, 6) is -0.159. The van der Waals surface area contributed by atoms with Gasteiger partial charge in [-0.1, -0.05) is 55.5 Å². The van der Waals surface area contributed by atoms with E-state index in [9.17, 15) is 9.50 Å². The molecule has 0 amide bonds. The normalized spacial score (nSPS) is 12.5. The van der Waals surface area contributed by atoms with Gasteiger partial charge in [0, 0.05) is 31.2 Å². The molecule has 0 fully saturated rings. The topological polar surface area (TPSA) is 35.5 Å². The van der Waals surface area contributed by atoms with Gasteiger partial charge in [-0.25, -0.2) is 4.39 Å². The molecule has 0 heterocycles. The summed E-state index contributed by atoms with van der Waals surface area (Å²) in [5.41, 5.74) is 1.94. The van der Waals surface area contributed by atoms with Crippen molar-refractivity contribution in [2.45, 2.75) is 32.4 Å². The highest BCUT2D eigenvalue weighted by atomic mass is 19.1. The molecule has 1 atom stereocenters. The Kier molecular flexibility index (Phi) is 8.60. The Balaban J connectivity index is 2.02. The van der Waals surface area contributed by atoms with Crippen molar-refractivity contribution < 1.29 is 9.50 Å². The van der Waals surface area contributed by atoms with E-state index in [0.717, 1.165) is 38.0 Å². The predicted molar refractivity (Wildman–Crippen MR) is 101 cm³/mol. The van der Waals surface area contributed by atoms with E-state index in [1.54, 1.807) is 6.07 Å². The third-order valence-corrected chi connectivity index (χ3v) is 4.32. The van der Waals surface area contributed by atoms with Crippen molar-refractivity contribution in [1.82, 2.24) is 10.2 Å². The van der Waals surface area contributed by atoms with E-state index in [1.807, 2.05) is 30.3 Å². The number of nitrogens with zero attached hydrogens (tertiary/aromatic N) is 1. The fourth-order valence-electron chi connectivity index (χ4n) is 3.01. The van der Waals surface area contributed by atoms with Crippen LogP contribution in [0.3, 0.4) is 0 Å². The van der Waals surface area contributed by atoms with Gasteiger partial charge in [-0.15, -0.1) is 0 Å². The molecular formula is C21H29FN2O. The van der Waals surface area contributed by atoms with Crippen LogP contribution in [0.2, 0.25) is 0 Å². The maximum atomic E-state index is 14.2. The van der Waals surface area contributed by atoms with Crippen molar-refractivity contribution in [3.63, 3.8) is 0 Å². The van der Waals surface area contributed by atoms with Crippen LogP contribution < -0.4 is 5.32 Å². The summed E-state index contributed by atoms with van der Waals surface area (Å²) in [7, 11) is 0.